The maximum absolute atomic E-state index is 12.1. The van der Waals surface area contributed by atoms with Gasteiger partial charge in [0, 0.05) is 18.1 Å². The predicted molar refractivity (Wildman–Crippen MR) is 83.2 cm³/mol. The molecular formula is C15H20Cl2N2O. The first kappa shape index (κ1) is 15.6. The van der Waals surface area contributed by atoms with Crippen LogP contribution in [-0.2, 0) is 4.79 Å². The zero-order valence-corrected chi connectivity index (χ0v) is 13.0. The number of nitrogens with one attached hydrogen (secondary N) is 2. The van der Waals surface area contributed by atoms with Crippen molar-refractivity contribution >= 4 is 29.9 Å². The van der Waals surface area contributed by atoms with Crippen LogP contribution < -0.4 is 10.6 Å². The number of carbonyl (C=O) groups excluding carboxylic acids is 1. The first-order valence-electron chi connectivity index (χ1n) is 6.91. The van der Waals surface area contributed by atoms with Gasteiger partial charge in [-0.2, -0.15) is 0 Å². The van der Waals surface area contributed by atoms with E-state index < -0.39 is 0 Å². The zero-order chi connectivity index (χ0) is 13.4. The first-order valence-corrected chi connectivity index (χ1v) is 7.29. The van der Waals surface area contributed by atoms with Crippen molar-refractivity contribution in [3.63, 3.8) is 0 Å². The number of amides is 1. The van der Waals surface area contributed by atoms with Gasteiger partial charge in [0.1, 0.15) is 0 Å². The highest BCUT2D eigenvalue weighted by Crippen LogP contribution is 2.47. The van der Waals surface area contributed by atoms with Crippen LogP contribution in [-0.4, -0.2) is 19.0 Å². The monoisotopic (exact) mass is 314 g/mol. The molecule has 2 fully saturated rings. The number of hydrogen-bond acceptors (Lipinski definition) is 2. The summed E-state index contributed by atoms with van der Waals surface area (Å²) in [5, 5.41) is 7.10. The van der Waals surface area contributed by atoms with Gasteiger partial charge in [0.25, 0.3) is 0 Å². The summed E-state index contributed by atoms with van der Waals surface area (Å²) in [5.41, 5.74) is 1.17. The van der Waals surface area contributed by atoms with Gasteiger partial charge in [-0.3, -0.25) is 4.79 Å². The van der Waals surface area contributed by atoms with Crippen LogP contribution >= 0.6 is 24.0 Å². The zero-order valence-electron chi connectivity index (χ0n) is 11.4. The second kappa shape index (κ2) is 6.33. The fraction of sp³-hybridized carbons (Fsp3) is 0.533. The molecular weight excluding hydrogens is 295 g/mol. The molecule has 1 saturated heterocycles. The van der Waals surface area contributed by atoms with Crippen molar-refractivity contribution in [3.05, 3.63) is 34.9 Å². The highest BCUT2D eigenvalue weighted by Gasteiger charge is 2.41. The standard InChI is InChI=1S/C15H19ClN2O.ClH/c1-9-6-13(9)14(10-2-4-12(16)5-3-10)18-15(19)11-7-17-8-11;/h2-5,9,11,13-14,17H,6-8H2,1H3,(H,18,19);1H. The van der Waals surface area contributed by atoms with E-state index in [2.05, 4.69) is 17.6 Å². The molecule has 2 aliphatic rings. The summed E-state index contributed by atoms with van der Waals surface area (Å²) in [6, 6.07) is 7.98. The smallest absolute Gasteiger partial charge is 0.226 e. The van der Waals surface area contributed by atoms with Crippen molar-refractivity contribution < 1.29 is 4.79 Å². The third-order valence-corrected chi connectivity index (χ3v) is 4.53. The summed E-state index contributed by atoms with van der Waals surface area (Å²) >= 11 is 5.93. The Morgan fingerprint density at radius 2 is 1.95 bits per heavy atom. The molecule has 1 aliphatic carbocycles. The summed E-state index contributed by atoms with van der Waals surface area (Å²) in [7, 11) is 0. The van der Waals surface area contributed by atoms with Crippen molar-refractivity contribution in [3.8, 4) is 0 Å². The normalized spacial score (nSPS) is 26.1. The molecule has 3 atom stereocenters. The van der Waals surface area contributed by atoms with Crippen LogP contribution in [0.4, 0.5) is 0 Å². The van der Waals surface area contributed by atoms with Crippen LogP contribution in [0.2, 0.25) is 5.02 Å². The minimum Gasteiger partial charge on any atom is -0.349 e. The highest BCUT2D eigenvalue weighted by molar-refractivity contribution is 6.30. The Morgan fingerprint density at radius 3 is 2.40 bits per heavy atom. The number of carbonyl (C=O) groups is 1. The molecule has 3 rings (SSSR count). The molecule has 0 spiro atoms. The van der Waals surface area contributed by atoms with Gasteiger partial charge in [-0.15, -0.1) is 12.4 Å². The molecule has 1 aromatic carbocycles. The molecule has 5 heteroatoms. The summed E-state index contributed by atoms with van der Waals surface area (Å²) in [5.74, 6) is 1.58. The van der Waals surface area contributed by atoms with E-state index in [1.165, 1.54) is 12.0 Å². The Hall–Kier alpha value is -0.770. The van der Waals surface area contributed by atoms with Crippen molar-refractivity contribution in [1.29, 1.82) is 0 Å². The lowest BCUT2D eigenvalue weighted by Gasteiger charge is -2.29. The summed E-state index contributed by atoms with van der Waals surface area (Å²) in [6.07, 6.45) is 1.19. The number of benzene rings is 1. The number of hydrogen-bond donors (Lipinski definition) is 2. The van der Waals surface area contributed by atoms with Gasteiger partial charge in [-0.1, -0.05) is 30.7 Å². The van der Waals surface area contributed by atoms with Gasteiger partial charge in [0.05, 0.1) is 12.0 Å². The third kappa shape index (κ3) is 3.27. The molecule has 1 aromatic rings. The van der Waals surface area contributed by atoms with Crippen LogP contribution in [0.5, 0.6) is 0 Å². The van der Waals surface area contributed by atoms with Crippen LogP contribution in [0, 0.1) is 17.8 Å². The number of rotatable bonds is 4. The minimum absolute atomic E-state index is 0. The molecule has 110 valence electrons. The van der Waals surface area contributed by atoms with E-state index in [1.807, 2.05) is 24.3 Å². The van der Waals surface area contributed by atoms with Crippen molar-refractivity contribution in [1.82, 2.24) is 10.6 Å². The van der Waals surface area contributed by atoms with E-state index in [-0.39, 0.29) is 30.3 Å². The molecule has 0 aromatic heterocycles. The minimum atomic E-state index is 0. The lowest BCUT2D eigenvalue weighted by atomic mass is 9.97. The Balaban J connectivity index is 0.00000147. The van der Waals surface area contributed by atoms with Crippen LogP contribution in [0.1, 0.15) is 24.9 Å². The van der Waals surface area contributed by atoms with Crippen molar-refractivity contribution in [2.45, 2.75) is 19.4 Å². The van der Waals surface area contributed by atoms with E-state index in [0.29, 0.717) is 11.8 Å². The number of halogens is 2. The van der Waals surface area contributed by atoms with Crippen molar-refractivity contribution in [2.75, 3.05) is 13.1 Å². The molecule has 0 bridgehead atoms. The highest BCUT2D eigenvalue weighted by atomic mass is 35.5. The van der Waals surface area contributed by atoms with Gasteiger partial charge in [-0.05, 0) is 36.0 Å². The Morgan fingerprint density at radius 1 is 1.35 bits per heavy atom. The second-order valence-electron chi connectivity index (χ2n) is 5.77. The van der Waals surface area contributed by atoms with E-state index >= 15 is 0 Å². The fourth-order valence-corrected chi connectivity index (χ4v) is 2.79. The average molecular weight is 315 g/mol. The van der Waals surface area contributed by atoms with Gasteiger partial charge in [0.15, 0.2) is 0 Å². The maximum atomic E-state index is 12.1. The second-order valence-corrected chi connectivity index (χ2v) is 6.21. The average Bonchev–Trinajstić information content (AvgIpc) is 3.02. The summed E-state index contributed by atoms with van der Waals surface area (Å²) in [6.45, 7) is 3.85. The van der Waals surface area contributed by atoms with Crippen molar-refractivity contribution in [2.24, 2.45) is 17.8 Å². The van der Waals surface area contributed by atoms with Gasteiger partial charge >= 0.3 is 0 Å². The van der Waals surface area contributed by atoms with Crippen LogP contribution in [0.25, 0.3) is 0 Å². The quantitative estimate of drug-likeness (QED) is 0.897. The lowest BCUT2D eigenvalue weighted by molar-refractivity contribution is -0.127. The fourth-order valence-electron chi connectivity index (χ4n) is 2.67. The SMILES string of the molecule is CC1CC1C(NC(=O)C1CNC1)c1ccc(Cl)cc1.Cl. The molecule has 1 amide bonds. The predicted octanol–water partition coefficient (Wildman–Crippen LogP) is 2.79. The molecule has 0 radical (unpaired) electrons. The summed E-state index contributed by atoms with van der Waals surface area (Å²) in [4.78, 5) is 12.1. The van der Waals surface area contributed by atoms with E-state index in [9.17, 15) is 4.79 Å². The third-order valence-electron chi connectivity index (χ3n) is 4.28. The first-order chi connectivity index (χ1) is 9.15. The van der Waals surface area contributed by atoms with Gasteiger partial charge in [-0.25, -0.2) is 0 Å². The molecule has 3 nitrogen and oxygen atoms in total. The molecule has 2 N–H and O–H groups in total. The van der Waals surface area contributed by atoms with E-state index in [1.54, 1.807) is 0 Å². The lowest BCUT2D eigenvalue weighted by Crippen LogP contribution is -2.51. The topological polar surface area (TPSA) is 41.1 Å². The Kier molecular flexibility index (Phi) is 4.95. The molecule has 1 saturated carbocycles. The van der Waals surface area contributed by atoms with Crippen LogP contribution in [0.3, 0.4) is 0 Å². The van der Waals surface area contributed by atoms with E-state index in [4.69, 9.17) is 11.6 Å². The van der Waals surface area contributed by atoms with Gasteiger partial charge in [0.2, 0.25) is 5.91 Å². The maximum Gasteiger partial charge on any atom is 0.226 e. The van der Waals surface area contributed by atoms with Crippen LogP contribution in [0.15, 0.2) is 24.3 Å². The molecule has 1 heterocycles. The molecule has 20 heavy (non-hydrogen) atoms. The molecule has 1 aliphatic heterocycles. The molecule has 3 unspecified atom stereocenters. The van der Waals surface area contributed by atoms with Gasteiger partial charge < -0.3 is 10.6 Å². The van der Waals surface area contributed by atoms with E-state index in [0.717, 1.165) is 18.1 Å². The summed E-state index contributed by atoms with van der Waals surface area (Å²) < 4.78 is 0. The largest absolute Gasteiger partial charge is 0.349 e. The Bertz CT molecular complexity index is 473. The Labute approximate surface area is 130 Å².